The van der Waals surface area contributed by atoms with Crippen LogP contribution in [0, 0.1) is 11.8 Å². The predicted molar refractivity (Wildman–Crippen MR) is 85.0 cm³/mol. The number of hydrogen-bond acceptors (Lipinski definition) is 0. The summed E-state index contributed by atoms with van der Waals surface area (Å²) in [4.78, 5) is 0. The van der Waals surface area contributed by atoms with Crippen LogP contribution in [0.2, 0.25) is 0 Å². The molecule has 0 saturated heterocycles. The van der Waals surface area contributed by atoms with E-state index in [2.05, 4.69) is 39.8 Å². The Morgan fingerprint density at radius 1 is 0.556 bits per heavy atom. The van der Waals surface area contributed by atoms with Crippen molar-refractivity contribution in [2.75, 3.05) is 0 Å². The molecule has 0 aliphatic heterocycles. The van der Waals surface area contributed by atoms with Crippen LogP contribution in [0.25, 0.3) is 0 Å². The molecule has 0 aromatic rings. The summed E-state index contributed by atoms with van der Waals surface area (Å²) in [6.07, 6.45) is 18.6. The average molecular weight is 252 g/mol. The van der Waals surface area contributed by atoms with Crippen LogP contribution in [0.3, 0.4) is 0 Å². The predicted octanol–water partition coefficient (Wildman–Crippen LogP) is 6.76. The first-order valence-corrected chi connectivity index (χ1v) is 8.28. The Hall–Kier alpha value is -0.260. The van der Waals surface area contributed by atoms with Crippen LogP contribution >= 0.6 is 0 Å². The van der Waals surface area contributed by atoms with Gasteiger partial charge in [-0.15, -0.1) is 0 Å². The zero-order valence-electron chi connectivity index (χ0n) is 13.4. The van der Waals surface area contributed by atoms with Crippen molar-refractivity contribution >= 4 is 0 Å². The molecule has 0 amide bonds. The number of rotatable bonds is 12. The summed E-state index contributed by atoms with van der Waals surface area (Å²) in [5, 5.41) is 0. The van der Waals surface area contributed by atoms with E-state index in [0.29, 0.717) is 0 Å². The van der Waals surface area contributed by atoms with Gasteiger partial charge in [-0.05, 0) is 37.5 Å². The molecule has 18 heavy (non-hydrogen) atoms. The van der Waals surface area contributed by atoms with E-state index in [1.54, 1.807) is 0 Å². The largest absolute Gasteiger partial charge is 0.0885 e. The van der Waals surface area contributed by atoms with Crippen molar-refractivity contribution in [3.63, 3.8) is 0 Å². The molecule has 0 atom stereocenters. The lowest BCUT2D eigenvalue weighted by molar-refractivity contribution is 0.521. The molecule has 0 fully saturated rings. The van der Waals surface area contributed by atoms with Crippen molar-refractivity contribution in [2.45, 2.75) is 91.9 Å². The van der Waals surface area contributed by atoms with Crippen LogP contribution in [-0.2, 0) is 0 Å². The molecule has 0 aliphatic rings. The lowest BCUT2D eigenvalue weighted by atomic mass is 10.0. The third-order valence-electron chi connectivity index (χ3n) is 3.47. The fourth-order valence-corrected chi connectivity index (χ4v) is 2.22. The minimum absolute atomic E-state index is 0.875. The van der Waals surface area contributed by atoms with Crippen molar-refractivity contribution < 1.29 is 0 Å². The Kier molecular flexibility index (Phi) is 13.0. The maximum Gasteiger partial charge on any atom is -0.0351 e. The van der Waals surface area contributed by atoms with Gasteiger partial charge in [-0.1, -0.05) is 78.4 Å². The summed E-state index contributed by atoms with van der Waals surface area (Å²) in [6.45, 7) is 9.27. The molecule has 0 spiro atoms. The molecule has 0 aromatic carbocycles. The van der Waals surface area contributed by atoms with E-state index in [9.17, 15) is 0 Å². The topological polar surface area (TPSA) is 0 Å². The highest BCUT2D eigenvalue weighted by Gasteiger charge is 1.94. The van der Waals surface area contributed by atoms with Gasteiger partial charge in [0.25, 0.3) is 0 Å². The Bertz CT molecular complexity index is 176. The number of allylic oxidation sites excluding steroid dienone is 2. The maximum atomic E-state index is 2.40. The smallest absolute Gasteiger partial charge is 0.0351 e. The van der Waals surface area contributed by atoms with Gasteiger partial charge in [0.15, 0.2) is 0 Å². The molecule has 0 nitrogen and oxygen atoms in total. The lowest BCUT2D eigenvalue weighted by Crippen LogP contribution is -1.86. The zero-order chi connectivity index (χ0) is 13.6. The van der Waals surface area contributed by atoms with Gasteiger partial charge < -0.3 is 0 Å². The third kappa shape index (κ3) is 15.7. The first kappa shape index (κ1) is 17.7. The van der Waals surface area contributed by atoms with Crippen molar-refractivity contribution in [3.05, 3.63) is 12.2 Å². The van der Waals surface area contributed by atoms with E-state index in [0.717, 1.165) is 11.8 Å². The third-order valence-corrected chi connectivity index (χ3v) is 3.47. The minimum Gasteiger partial charge on any atom is -0.0885 e. The molecular formula is C18H36. The monoisotopic (exact) mass is 252 g/mol. The first-order chi connectivity index (χ1) is 8.63. The average Bonchev–Trinajstić information content (AvgIpc) is 2.29. The van der Waals surface area contributed by atoms with Gasteiger partial charge in [0, 0.05) is 0 Å². The molecule has 0 unspecified atom stereocenters. The second-order valence-electron chi connectivity index (χ2n) is 6.54. The second-order valence-corrected chi connectivity index (χ2v) is 6.54. The molecule has 0 rings (SSSR count). The Morgan fingerprint density at radius 2 is 0.944 bits per heavy atom. The van der Waals surface area contributed by atoms with Crippen LogP contribution < -0.4 is 0 Å². The molecule has 0 heteroatoms. The van der Waals surface area contributed by atoms with E-state index in [-0.39, 0.29) is 0 Å². The van der Waals surface area contributed by atoms with Crippen LogP contribution in [0.1, 0.15) is 91.9 Å². The van der Waals surface area contributed by atoms with Gasteiger partial charge in [-0.25, -0.2) is 0 Å². The first-order valence-electron chi connectivity index (χ1n) is 8.28. The van der Waals surface area contributed by atoms with Crippen LogP contribution in [-0.4, -0.2) is 0 Å². The van der Waals surface area contributed by atoms with Crippen LogP contribution in [0.5, 0.6) is 0 Å². The quantitative estimate of drug-likeness (QED) is 0.266. The Balaban J connectivity index is 3.09. The van der Waals surface area contributed by atoms with Crippen LogP contribution in [0.15, 0.2) is 12.2 Å². The number of unbranched alkanes of at least 4 members (excludes halogenated alkanes) is 6. The minimum atomic E-state index is 0.875. The molecule has 0 aromatic heterocycles. The number of hydrogen-bond donors (Lipinski definition) is 0. The molecular weight excluding hydrogens is 216 g/mol. The normalized spacial score (nSPS) is 12.1. The molecule has 0 aliphatic carbocycles. The van der Waals surface area contributed by atoms with Crippen LogP contribution in [0.4, 0.5) is 0 Å². The summed E-state index contributed by atoms with van der Waals surface area (Å²) in [5.41, 5.74) is 0. The fraction of sp³-hybridized carbons (Fsp3) is 0.889. The molecule has 0 saturated carbocycles. The second kappa shape index (κ2) is 13.2. The molecule has 0 bridgehead atoms. The van der Waals surface area contributed by atoms with E-state index < -0.39 is 0 Å². The van der Waals surface area contributed by atoms with E-state index >= 15 is 0 Å². The SMILES string of the molecule is CC(C)CCCC/C=C/CCCCCCC(C)C. The van der Waals surface area contributed by atoms with Crippen molar-refractivity contribution in [2.24, 2.45) is 11.8 Å². The zero-order valence-corrected chi connectivity index (χ0v) is 13.4. The Labute approximate surface area is 116 Å². The molecule has 0 heterocycles. The standard InChI is InChI=1S/C18H36/c1-17(2)15-13-11-9-7-5-6-8-10-12-14-16-18(3)4/h5,7,17-18H,6,8-16H2,1-4H3/b7-5+. The summed E-state index contributed by atoms with van der Waals surface area (Å²) in [5.74, 6) is 1.76. The summed E-state index contributed by atoms with van der Waals surface area (Å²) in [6, 6.07) is 0. The van der Waals surface area contributed by atoms with Crippen molar-refractivity contribution in [3.8, 4) is 0 Å². The lowest BCUT2D eigenvalue weighted by Gasteiger charge is -2.03. The van der Waals surface area contributed by atoms with Crippen molar-refractivity contribution in [1.29, 1.82) is 0 Å². The molecule has 0 radical (unpaired) electrons. The molecule has 108 valence electrons. The summed E-state index contributed by atoms with van der Waals surface area (Å²) in [7, 11) is 0. The van der Waals surface area contributed by atoms with E-state index in [4.69, 9.17) is 0 Å². The van der Waals surface area contributed by atoms with Gasteiger partial charge in [0.05, 0.1) is 0 Å². The van der Waals surface area contributed by atoms with Gasteiger partial charge in [0.2, 0.25) is 0 Å². The van der Waals surface area contributed by atoms with Gasteiger partial charge in [-0.3, -0.25) is 0 Å². The summed E-state index contributed by atoms with van der Waals surface area (Å²) >= 11 is 0. The Morgan fingerprint density at radius 3 is 1.44 bits per heavy atom. The summed E-state index contributed by atoms with van der Waals surface area (Å²) < 4.78 is 0. The van der Waals surface area contributed by atoms with Gasteiger partial charge >= 0.3 is 0 Å². The van der Waals surface area contributed by atoms with Gasteiger partial charge in [-0.2, -0.15) is 0 Å². The van der Waals surface area contributed by atoms with E-state index in [1.165, 1.54) is 64.2 Å². The maximum absolute atomic E-state index is 2.40. The van der Waals surface area contributed by atoms with E-state index in [1.807, 2.05) is 0 Å². The van der Waals surface area contributed by atoms with Gasteiger partial charge in [0.1, 0.15) is 0 Å². The highest BCUT2D eigenvalue weighted by Crippen LogP contribution is 2.11. The highest BCUT2D eigenvalue weighted by atomic mass is 14.0. The highest BCUT2D eigenvalue weighted by molar-refractivity contribution is 4.81. The fourth-order valence-electron chi connectivity index (χ4n) is 2.22. The van der Waals surface area contributed by atoms with Crippen molar-refractivity contribution in [1.82, 2.24) is 0 Å². The molecule has 0 N–H and O–H groups in total.